The van der Waals surface area contributed by atoms with Crippen LogP contribution in [0.25, 0.3) is 0 Å². The summed E-state index contributed by atoms with van der Waals surface area (Å²) >= 11 is 0. The van der Waals surface area contributed by atoms with E-state index >= 15 is 0 Å². The third-order valence-corrected chi connectivity index (χ3v) is 5.26. The number of nitrogens with one attached hydrogen (secondary N) is 1. The molecule has 0 aliphatic carbocycles. The molecule has 0 saturated heterocycles. The lowest BCUT2D eigenvalue weighted by atomic mass is 10.0. The van der Waals surface area contributed by atoms with Crippen LogP contribution in [-0.2, 0) is 16.1 Å². The fourth-order valence-electron chi connectivity index (χ4n) is 3.87. The molecule has 0 bridgehead atoms. The van der Waals surface area contributed by atoms with E-state index in [2.05, 4.69) is 5.32 Å². The Morgan fingerprint density at radius 1 is 0.967 bits per heavy atom. The quantitative estimate of drug-likeness (QED) is 0.694. The summed E-state index contributed by atoms with van der Waals surface area (Å²) in [6.07, 6.45) is 1.74. The van der Waals surface area contributed by atoms with Gasteiger partial charge in [0.15, 0.2) is 0 Å². The van der Waals surface area contributed by atoms with E-state index in [9.17, 15) is 14.4 Å². The van der Waals surface area contributed by atoms with Crippen LogP contribution in [0.1, 0.15) is 54.2 Å². The van der Waals surface area contributed by atoms with Gasteiger partial charge in [0.1, 0.15) is 6.04 Å². The normalized spacial score (nSPS) is 15.1. The number of benzene rings is 2. The van der Waals surface area contributed by atoms with Crippen LogP contribution in [-0.4, -0.2) is 47.2 Å². The summed E-state index contributed by atoms with van der Waals surface area (Å²) < 4.78 is 0. The second kappa shape index (κ2) is 10.1. The molecule has 6 nitrogen and oxygen atoms in total. The minimum atomic E-state index is -0.743. The molecule has 0 radical (unpaired) electrons. The molecule has 1 aliphatic rings. The van der Waals surface area contributed by atoms with Gasteiger partial charge >= 0.3 is 0 Å². The van der Waals surface area contributed by atoms with Gasteiger partial charge in [-0.2, -0.15) is 0 Å². The van der Waals surface area contributed by atoms with Gasteiger partial charge in [-0.1, -0.05) is 62.4 Å². The Balaban J connectivity index is 1.77. The van der Waals surface area contributed by atoms with Gasteiger partial charge in [-0.15, -0.1) is 0 Å². The number of amides is 3. The first-order valence-corrected chi connectivity index (χ1v) is 10.6. The van der Waals surface area contributed by atoms with Gasteiger partial charge in [-0.25, -0.2) is 0 Å². The first-order chi connectivity index (χ1) is 14.6. The fraction of sp³-hybridized carbons (Fsp3) is 0.375. The number of hydrogen-bond donors (Lipinski definition) is 1. The highest BCUT2D eigenvalue weighted by atomic mass is 16.2. The van der Waals surface area contributed by atoms with Crippen molar-refractivity contribution in [3.63, 3.8) is 0 Å². The summed E-state index contributed by atoms with van der Waals surface area (Å²) in [6, 6.07) is 16.0. The molecule has 158 valence electrons. The van der Waals surface area contributed by atoms with E-state index in [0.717, 1.165) is 18.4 Å². The maximum atomic E-state index is 13.1. The first kappa shape index (κ1) is 21.6. The SMILES string of the molecule is CCCN(CCC)C(=O)CNC(=O)[C@H]1c2ccccc2C(=O)N1Cc1ccccc1. The Morgan fingerprint density at radius 2 is 1.60 bits per heavy atom. The molecule has 0 fully saturated rings. The highest BCUT2D eigenvalue weighted by Crippen LogP contribution is 2.34. The van der Waals surface area contributed by atoms with Gasteiger partial charge in [-0.05, 0) is 30.0 Å². The van der Waals surface area contributed by atoms with Crippen molar-refractivity contribution >= 4 is 17.7 Å². The van der Waals surface area contributed by atoms with E-state index in [0.29, 0.717) is 30.8 Å². The number of hydrogen-bond acceptors (Lipinski definition) is 3. The molecule has 1 N–H and O–H groups in total. The smallest absolute Gasteiger partial charge is 0.255 e. The minimum absolute atomic E-state index is 0.0646. The predicted molar refractivity (Wildman–Crippen MR) is 116 cm³/mol. The van der Waals surface area contributed by atoms with E-state index in [-0.39, 0.29) is 24.3 Å². The lowest BCUT2D eigenvalue weighted by Crippen LogP contribution is -2.44. The Kier molecular flexibility index (Phi) is 7.22. The van der Waals surface area contributed by atoms with Crippen LogP contribution in [0, 0.1) is 0 Å². The van der Waals surface area contributed by atoms with Crippen LogP contribution < -0.4 is 5.32 Å². The molecule has 1 atom stereocenters. The van der Waals surface area contributed by atoms with Crippen LogP contribution in [0.15, 0.2) is 54.6 Å². The minimum Gasteiger partial charge on any atom is -0.345 e. The zero-order valence-corrected chi connectivity index (χ0v) is 17.6. The van der Waals surface area contributed by atoms with Crippen molar-refractivity contribution in [3.05, 3.63) is 71.3 Å². The first-order valence-electron chi connectivity index (χ1n) is 10.6. The molecule has 1 aliphatic heterocycles. The number of rotatable bonds is 9. The van der Waals surface area contributed by atoms with Crippen LogP contribution in [0.4, 0.5) is 0 Å². The van der Waals surface area contributed by atoms with Crippen molar-refractivity contribution in [2.24, 2.45) is 0 Å². The third kappa shape index (κ3) is 4.70. The lowest BCUT2D eigenvalue weighted by Gasteiger charge is -2.26. The van der Waals surface area contributed by atoms with E-state index in [1.807, 2.05) is 56.3 Å². The molecule has 2 aromatic carbocycles. The molecule has 2 aromatic rings. The summed E-state index contributed by atoms with van der Waals surface area (Å²) in [5, 5.41) is 2.77. The second-order valence-electron chi connectivity index (χ2n) is 7.51. The third-order valence-electron chi connectivity index (χ3n) is 5.26. The van der Waals surface area contributed by atoms with Gasteiger partial charge in [0.05, 0.1) is 6.54 Å². The van der Waals surface area contributed by atoms with Crippen molar-refractivity contribution in [3.8, 4) is 0 Å². The Morgan fingerprint density at radius 3 is 2.27 bits per heavy atom. The number of carbonyl (C=O) groups excluding carboxylic acids is 3. The zero-order valence-electron chi connectivity index (χ0n) is 17.6. The highest BCUT2D eigenvalue weighted by molar-refractivity contribution is 6.05. The maximum Gasteiger partial charge on any atom is 0.255 e. The summed E-state index contributed by atoms with van der Waals surface area (Å²) in [4.78, 5) is 42.0. The van der Waals surface area contributed by atoms with Crippen LogP contribution >= 0.6 is 0 Å². The standard InChI is InChI=1S/C24H29N3O3/c1-3-14-26(15-4-2)21(28)16-25-23(29)22-19-12-8-9-13-20(19)24(30)27(22)17-18-10-6-5-7-11-18/h5-13,22H,3-4,14-17H2,1-2H3,(H,25,29)/t22-/m1/s1. The molecule has 0 saturated carbocycles. The topological polar surface area (TPSA) is 69.7 Å². The average molecular weight is 408 g/mol. The maximum absolute atomic E-state index is 13.1. The van der Waals surface area contributed by atoms with E-state index in [1.165, 1.54) is 0 Å². The monoisotopic (exact) mass is 407 g/mol. The second-order valence-corrected chi connectivity index (χ2v) is 7.51. The van der Waals surface area contributed by atoms with Crippen LogP contribution in [0.2, 0.25) is 0 Å². The van der Waals surface area contributed by atoms with E-state index in [1.54, 1.807) is 21.9 Å². The molecular weight excluding hydrogens is 378 g/mol. The van der Waals surface area contributed by atoms with Crippen molar-refractivity contribution in [1.82, 2.24) is 15.1 Å². The summed E-state index contributed by atoms with van der Waals surface area (Å²) in [6.45, 7) is 5.66. The van der Waals surface area contributed by atoms with Crippen molar-refractivity contribution < 1.29 is 14.4 Å². The molecule has 1 heterocycles. The zero-order chi connectivity index (χ0) is 21.5. The average Bonchev–Trinajstić information content (AvgIpc) is 3.04. The molecule has 0 unspecified atom stereocenters. The Labute approximate surface area is 177 Å². The Bertz CT molecular complexity index is 892. The predicted octanol–water partition coefficient (Wildman–Crippen LogP) is 3.15. The van der Waals surface area contributed by atoms with Crippen LogP contribution in [0.5, 0.6) is 0 Å². The molecule has 3 rings (SSSR count). The Hall–Kier alpha value is -3.15. The van der Waals surface area contributed by atoms with E-state index in [4.69, 9.17) is 0 Å². The summed E-state index contributed by atoms with van der Waals surface area (Å²) in [7, 11) is 0. The molecular formula is C24H29N3O3. The van der Waals surface area contributed by atoms with Gasteiger partial charge < -0.3 is 15.1 Å². The van der Waals surface area contributed by atoms with Crippen molar-refractivity contribution in [2.45, 2.75) is 39.3 Å². The summed E-state index contributed by atoms with van der Waals surface area (Å²) in [5.41, 5.74) is 2.17. The van der Waals surface area contributed by atoms with Crippen molar-refractivity contribution in [2.75, 3.05) is 19.6 Å². The van der Waals surface area contributed by atoms with Crippen molar-refractivity contribution in [1.29, 1.82) is 0 Å². The summed E-state index contributed by atoms with van der Waals surface area (Å²) in [5.74, 6) is -0.593. The van der Waals surface area contributed by atoms with Gasteiger partial charge in [-0.3, -0.25) is 14.4 Å². The van der Waals surface area contributed by atoms with E-state index < -0.39 is 6.04 Å². The lowest BCUT2D eigenvalue weighted by molar-refractivity contribution is -0.134. The number of fused-ring (bicyclic) bond motifs is 1. The van der Waals surface area contributed by atoms with Gasteiger partial charge in [0.2, 0.25) is 11.8 Å². The molecule has 0 spiro atoms. The molecule has 0 aromatic heterocycles. The fourth-order valence-corrected chi connectivity index (χ4v) is 3.87. The number of nitrogens with zero attached hydrogens (tertiary/aromatic N) is 2. The van der Waals surface area contributed by atoms with Gasteiger partial charge in [0.25, 0.3) is 5.91 Å². The molecule has 30 heavy (non-hydrogen) atoms. The largest absolute Gasteiger partial charge is 0.345 e. The van der Waals surface area contributed by atoms with Crippen LogP contribution in [0.3, 0.4) is 0 Å². The molecule has 6 heteroatoms. The highest BCUT2D eigenvalue weighted by Gasteiger charge is 2.40. The molecule has 3 amide bonds. The number of carbonyl (C=O) groups is 3. The van der Waals surface area contributed by atoms with Gasteiger partial charge in [0, 0.05) is 25.2 Å².